The summed E-state index contributed by atoms with van der Waals surface area (Å²) in [4.78, 5) is 25.2. The Balaban J connectivity index is 1.94. The summed E-state index contributed by atoms with van der Waals surface area (Å²) >= 11 is 0. The molecular weight excluding hydrogens is 246 g/mol. The van der Waals surface area contributed by atoms with Gasteiger partial charge in [0.1, 0.15) is 0 Å². The third kappa shape index (κ3) is 2.91. The molecule has 1 aliphatic heterocycles. The second-order valence-corrected chi connectivity index (χ2v) is 6.00. The highest BCUT2D eigenvalue weighted by Gasteiger charge is 2.46. The molecule has 108 valence electrons. The summed E-state index contributed by atoms with van der Waals surface area (Å²) in [6, 6.07) is 0. The van der Waals surface area contributed by atoms with Gasteiger partial charge in [0.05, 0.1) is 30.5 Å². The van der Waals surface area contributed by atoms with Gasteiger partial charge in [-0.3, -0.25) is 9.59 Å². The second kappa shape index (κ2) is 5.49. The van der Waals surface area contributed by atoms with Crippen LogP contribution in [0.3, 0.4) is 0 Å². The molecule has 2 aliphatic rings. The third-order valence-corrected chi connectivity index (χ3v) is 4.40. The zero-order chi connectivity index (χ0) is 14.0. The average molecular weight is 269 g/mol. The number of hydrogen-bond acceptors (Lipinski definition) is 3. The van der Waals surface area contributed by atoms with Crippen LogP contribution < -0.4 is 0 Å². The Labute approximate surface area is 113 Å². The molecule has 2 atom stereocenters. The lowest BCUT2D eigenvalue weighted by Gasteiger charge is -2.48. The fraction of sp³-hybridized carbons (Fsp3) is 0.857. The number of β-amino-alcohol motifs (C(OH)–C–C–N with tert-alkyl or cyclic N) is 1. The van der Waals surface area contributed by atoms with Crippen LogP contribution in [0.5, 0.6) is 0 Å². The number of carbonyl (C=O) groups is 2. The molecule has 0 aromatic carbocycles. The first-order chi connectivity index (χ1) is 8.97. The number of carboxylic acids is 1. The quantitative estimate of drug-likeness (QED) is 0.805. The molecule has 2 N–H and O–H groups in total. The van der Waals surface area contributed by atoms with Gasteiger partial charge in [-0.2, -0.15) is 0 Å². The van der Waals surface area contributed by atoms with Crippen LogP contribution in [0.25, 0.3) is 0 Å². The molecule has 0 bridgehead atoms. The number of amides is 1. The predicted octanol–water partition coefficient (Wildman–Crippen LogP) is 1.25. The summed E-state index contributed by atoms with van der Waals surface area (Å²) in [6.45, 7) is 2.73. The molecule has 1 saturated heterocycles. The maximum Gasteiger partial charge on any atom is 0.307 e. The van der Waals surface area contributed by atoms with Crippen molar-refractivity contribution in [2.75, 3.05) is 13.1 Å². The molecule has 1 amide bonds. The third-order valence-electron chi connectivity index (χ3n) is 4.40. The van der Waals surface area contributed by atoms with Crippen molar-refractivity contribution < 1.29 is 19.8 Å². The molecule has 0 unspecified atom stereocenters. The molecule has 1 heterocycles. The predicted molar refractivity (Wildman–Crippen MR) is 69.5 cm³/mol. The monoisotopic (exact) mass is 269 g/mol. The van der Waals surface area contributed by atoms with Crippen molar-refractivity contribution in [1.82, 2.24) is 4.90 Å². The van der Waals surface area contributed by atoms with Gasteiger partial charge in [0.2, 0.25) is 5.91 Å². The first kappa shape index (κ1) is 14.3. The molecule has 0 radical (unpaired) electrons. The lowest BCUT2D eigenvalue weighted by Crippen LogP contribution is -2.65. The van der Waals surface area contributed by atoms with Gasteiger partial charge in [-0.05, 0) is 19.3 Å². The number of nitrogens with zero attached hydrogens (tertiary/aromatic N) is 1. The highest BCUT2D eigenvalue weighted by Crippen LogP contribution is 2.35. The number of likely N-dealkylation sites (tertiary alicyclic amines) is 1. The summed E-state index contributed by atoms with van der Waals surface area (Å²) < 4.78 is 0. The normalized spacial score (nSPS) is 29.7. The second-order valence-electron chi connectivity index (χ2n) is 6.00. The zero-order valence-corrected chi connectivity index (χ0v) is 11.5. The van der Waals surface area contributed by atoms with Crippen molar-refractivity contribution in [3.05, 3.63) is 0 Å². The van der Waals surface area contributed by atoms with E-state index >= 15 is 0 Å². The zero-order valence-electron chi connectivity index (χ0n) is 11.5. The molecular formula is C14H23NO4. The highest BCUT2D eigenvalue weighted by molar-refractivity contribution is 5.85. The van der Waals surface area contributed by atoms with Crippen LogP contribution in [-0.2, 0) is 9.59 Å². The van der Waals surface area contributed by atoms with E-state index in [1.165, 1.54) is 0 Å². The van der Waals surface area contributed by atoms with Crippen LogP contribution in [0.1, 0.15) is 45.4 Å². The Kier molecular flexibility index (Phi) is 4.13. The van der Waals surface area contributed by atoms with Crippen molar-refractivity contribution in [1.29, 1.82) is 0 Å². The Morgan fingerprint density at radius 2 is 1.79 bits per heavy atom. The molecule has 5 heteroatoms. The van der Waals surface area contributed by atoms with Gasteiger partial charge in [0, 0.05) is 0 Å². The number of aliphatic carboxylic acids is 1. The molecule has 2 rings (SSSR count). The topological polar surface area (TPSA) is 77.8 Å². The first-order valence-corrected chi connectivity index (χ1v) is 7.21. The SMILES string of the molecule is CCCC1(O)CN(C(=O)[C@@H]2CCCC[C@@H]2C(=O)O)C1. The van der Waals surface area contributed by atoms with Crippen LogP contribution >= 0.6 is 0 Å². The van der Waals surface area contributed by atoms with E-state index in [-0.39, 0.29) is 5.91 Å². The fourth-order valence-electron chi connectivity index (χ4n) is 3.40. The Morgan fingerprint density at radius 1 is 1.21 bits per heavy atom. The Morgan fingerprint density at radius 3 is 2.32 bits per heavy atom. The van der Waals surface area contributed by atoms with E-state index in [1.54, 1.807) is 4.90 Å². The molecule has 19 heavy (non-hydrogen) atoms. The molecule has 5 nitrogen and oxygen atoms in total. The van der Waals surface area contributed by atoms with Gasteiger partial charge in [-0.15, -0.1) is 0 Å². The number of carbonyl (C=O) groups excluding carboxylic acids is 1. The average Bonchev–Trinajstić information content (AvgIpc) is 2.35. The van der Waals surface area contributed by atoms with Crippen molar-refractivity contribution in [2.45, 2.75) is 51.0 Å². The smallest absolute Gasteiger partial charge is 0.307 e. The van der Waals surface area contributed by atoms with Crippen LogP contribution in [0, 0.1) is 11.8 Å². The van der Waals surface area contributed by atoms with Crippen molar-refractivity contribution >= 4 is 11.9 Å². The molecule has 0 spiro atoms. The molecule has 1 saturated carbocycles. The van der Waals surface area contributed by atoms with Gasteiger partial charge >= 0.3 is 5.97 Å². The lowest BCUT2D eigenvalue weighted by molar-refractivity contribution is -0.167. The van der Waals surface area contributed by atoms with Gasteiger partial charge in [0.15, 0.2) is 0 Å². The number of aliphatic hydroxyl groups is 1. The molecule has 2 fully saturated rings. The van der Waals surface area contributed by atoms with E-state index < -0.39 is 23.4 Å². The Hall–Kier alpha value is -1.10. The fourth-order valence-corrected chi connectivity index (χ4v) is 3.40. The minimum Gasteiger partial charge on any atom is -0.481 e. The maximum absolute atomic E-state index is 12.3. The summed E-state index contributed by atoms with van der Waals surface area (Å²) in [5.74, 6) is -1.87. The van der Waals surface area contributed by atoms with Gasteiger partial charge < -0.3 is 15.1 Å². The van der Waals surface area contributed by atoms with E-state index in [2.05, 4.69) is 0 Å². The van der Waals surface area contributed by atoms with Crippen LogP contribution in [0.2, 0.25) is 0 Å². The summed E-state index contributed by atoms with van der Waals surface area (Å²) in [5.41, 5.74) is -0.738. The van der Waals surface area contributed by atoms with Crippen LogP contribution in [0.4, 0.5) is 0 Å². The molecule has 0 aromatic rings. The number of hydrogen-bond donors (Lipinski definition) is 2. The van der Waals surface area contributed by atoms with Gasteiger partial charge in [-0.1, -0.05) is 26.2 Å². The minimum atomic E-state index is -0.859. The largest absolute Gasteiger partial charge is 0.481 e. The number of carboxylic acid groups (broad SMARTS) is 1. The summed E-state index contributed by atoms with van der Waals surface area (Å²) in [6.07, 6.45) is 4.66. The lowest BCUT2D eigenvalue weighted by atomic mass is 9.77. The first-order valence-electron chi connectivity index (χ1n) is 7.21. The van der Waals surface area contributed by atoms with Gasteiger partial charge in [-0.25, -0.2) is 0 Å². The minimum absolute atomic E-state index is 0.0760. The van der Waals surface area contributed by atoms with Crippen molar-refractivity contribution in [2.24, 2.45) is 11.8 Å². The van der Waals surface area contributed by atoms with E-state index in [9.17, 15) is 19.8 Å². The van der Waals surface area contributed by atoms with Crippen LogP contribution in [-0.4, -0.2) is 45.7 Å². The maximum atomic E-state index is 12.3. The van der Waals surface area contributed by atoms with E-state index in [0.717, 1.165) is 19.3 Å². The van der Waals surface area contributed by atoms with E-state index in [0.29, 0.717) is 32.4 Å². The molecule has 1 aliphatic carbocycles. The standard InChI is InChI=1S/C14H23NO4/c1-2-7-14(19)8-15(9-14)12(16)10-5-3-4-6-11(10)13(17)18/h10-11,19H,2-9H2,1H3,(H,17,18)/t10-,11+/m1/s1. The summed E-state index contributed by atoms with van der Waals surface area (Å²) in [5, 5.41) is 19.3. The van der Waals surface area contributed by atoms with Crippen LogP contribution in [0.15, 0.2) is 0 Å². The van der Waals surface area contributed by atoms with E-state index in [4.69, 9.17) is 0 Å². The highest BCUT2D eigenvalue weighted by atomic mass is 16.4. The Bertz CT molecular complexity index is 362. The van der Waals surface area contributed by atoms with E-state index in [1.807, 2.05) is 6.92 Å². The van der Waals surface area contributed by atoms with Crippen molar-refractivity contribution in [3.63, 3.8) is 0 Å². The molecule has 0 aromatic heterocycles. The van der Waals surface area contributed by atoms with Gasteiger partial charge in [0.25, 0.3) is 0 Å². The summed E-state index contributed by atoms with van der Waals surface area (Å²) in [7, 11) is 0. The number of rotatable bonds is 4. The van der Waals surface area contributed by atoms with Crippen molar-refractivity contribution in [3.8, 4) is 0 Å².